The van der Waals surface area contributed by atoms with E-state index in [1.54, 1.807) is 44.3 Å². The van der Waals surface area contributed by atoms with Crippen molar-refractivity contribution in [1.29, 1.82) is 0 Å². The molecule has 1 aromatic rings. The third kappa shape index (κ3) is 7.10. The number of hydrogen-bond donors (Lipinski definition) is 4. The van der Waals surface area contributed by atoms with E-state index >= 15 is 0 Å². The number of esters is 2. The zero-order valence-corrected chi connectivity index (χ0v) is 29.7. The normalized spacial score (nSPS) is 30.7. The van der Waals surface area contributed by atoms with E-state index in [-0.39, 0.29) is 59.9 Å². The Kier molecular flexibility index (Phi) is 10.9. The summed E-state index contributed by atoms with van der Waals surface area (Å²) in [6, 6.07) is 6.33. The van der Waals surface area contributed by atoms with Gasteiger partial charge >= 0.3 is 11.9 Å². The van der Waals surface area contributed by atoms with Gasteiger partial charge in [-0.25, -0.2) is 19.6 Å². The Bertz CT molecular complexity index is 1680. The molecular formula is C38H49N5O7. The van der Waals surface area contributed by atoms with Gasteiger partial charge in [0, 0.05) is 43.4 Å². The Balaban J connectivity index is 1.49. The number of amides is 1. The van der Waals surface area contributed by atoms with Gasteiger partial charge < -0.3 is 24.6 Å². The number of fused-ring (bicyclic) bond motifs is 1. The average Bonchev–Trinajstić information content (AvgIpc) is 3.73. The first kappa shape index (κ1) is 36.9. The van der Waals surface area contributed by atoms with Crippen LogP contribution < -0.4 is 15.5 Å². The van der Waals surface area contributed by atoms with Crippen LogP contribution in [0.4, 0.5) is 5.69 Å². The second kappa shape index (κ2) is 14.8. The monoisotopic (exact) mass is 687 g/mol. The molecule has 0 bridgehead atoms. The van der Waals surface area contributed by atoms with Gasteiger partial charge in [-0.05, 0) is 68.2 Å². The number of ether oxygens (including phenoxy) is 2. The molecule has 1 amide bonds. The van der Waals surface area contributed by atoms with E-state index in [1.165, 1.54) is 0 Å². The van der Waals surface area contributed by atoms with Crippen molar-refractivity contribution >= 4 is 41.3 Å². The molecule has 12 heteroatoms. The zero-order chi connectivity index (χ0) is 36.4. The maximum atomic E-state index is 13.3. The van der Waals surface area contributed by atoms with Gasteiger partial charge in [-0.1, -0.05) is 50.3 Å². The number of aliphatic imine (C=N–C) groups is 2. The first-order chi connectivity index (χ1) is 23.7. The van der Waals surface area contributed by atoms with Crippen molar-refractivity contribution in [2.75, 3.05) is 38.8 Å². The van der Waals surface area contributed by atoms with Gasteiger partial charge in [0.05, 0.1) is 37.5 Å². The van der Waals surface area contributed by atoms with Crippen molar-refractivity contribution in [2.24, 2.45) is 32.7 Å². The van der Waals surface area contributed by atoms with Crippen molar-refractivity contribution in [3.05, 3.63) is 71.5 Å². The summed E-state index contributed by atoms with van der Waals surface area (Å²) in [6.45, 7) is 12.4. The van der Waals surface area contributed by atoms with Crippen molar-refractivity contribution in [3.63, 3.8) is 0 Å². The molecule has 4 N–H and O–H groups in total. The van der Waals surface area contributed by atoms with Gasteiger partial charge in [0.15, 0.2) is 0 Å². The van der Waals surface area contributed by atoms with E-state index < -0.39 is 34.9 Å². The fourth-order valence-corrected chi connectivity index (χ4v) is 7.89. The molecule has 0 aromatic heterocycles. The van der Waals surface area contributed by atoms with Crippen LogP contribution in [0, 0.1) is 22.7 Å². The molecule has 7 atom stereocenters. The molecule has 50 heavy (non-hydrogen) atoms. The second-order valence-corrected chi connectivity index (χ2v) is 14.2. The number of rotatable bonds is 10. The van der Waals surface area contributed by atoms with Crippen LogP contribution in [0.2, 0.25) is 0 Å². The van der Waals surface area contributed by atoms with Crippen LogP contribution in [0.5, 0.6) is 0 Å². The Morgan fingerprint density at radius 1 is 1.24 bits per heavy atom. The fourth-order valence-electron chi connectivity index (χ4n) is 7.89. The number of aliphatic hydroxyl groups is 2. The highest BCUT2D eigenvalue weighted by atomic mass is 16.6. The molecule has 1 aromatic carbocycles. The largest absolute Gasteiger partial charge is 0.462 e. The number of carbonyl (C=O) groups excluding carboxylic acids is 3. The lowest BCUT2D eigenvalue weighted by Crippen LogP contribution is -2.62. The number of guanidine groups is 1. The smallest absolute Gasteiger partial charge is 0.343 e. The predicted octanol–water partition coefficient (Wildman–Crippen LogP) is 3.32. The summed E-state index contributed by atoms with van der Waals surface area (Å²) >= 11 is 0. The second-order valence-electron chi connectivity index (χ2n) is 14.2. The first-order valence-electron chi connectivity index (χ1n) is 17.2. The fraction of sp³-hybridized carbons (Fsp3) is 0.500. The van der Waals surface area contributed by atoms with Gasteiger partial charge in [-0.15, -0.1) is 0 Å². The van der Waals surface area contributed by atoms with Gasteiger partial charge in [0.1, 0.15) is 11.3 Å². The number of aliphatic hydroxyl groups excluding tert-OH is 2. The standard InChI is InChI=1S/C38H49N5O7/c1-8-49-35(48)32(24-9-12-26(13-10-24)43(6)7)29-19-25(34(47)50-29)11-14-27-22(2)28(41-23(3)33(46)42-36-39-17-18-40-36)20-30-37(27,4)16-15-31(45)38(30,5)21-44/h9-14,17,19,23,27-28,30-31,41,44-45H,2,8,15-16,18,20-21H2,1,3-7H3,(H,40,42,46)/b14-11+,32-29-/t23?,27?,28?,30?,31-,37-,38+/m1/s1. The van der Waals surface area contributed by atoms with Crippen LogP contribution in [0.25, 0.3) is 5.57 Å². The van der Waals surface area contributed by atoms with Gasteiger partial charge in [-0.2, -0.15) is 0 Å². The Morgan fingerprint density at radius 2 is 1.96 bits per heavy atom. The minimum absolute atomic E-state index is 0.0986. The molecule has 12 nitrogen and oxygen atoms in total. The highest BCUT2D eigenvalue weighted by molar-refractivity contribution is 6.19. The van der Waals surface area contributed by atoms with Crippen LogP contribution >= 0.6 is 0 Å². The number of nitrogens with zero attached hydrogens (tertiary/aromatic N) is 3. The SMILES string of the molecule is C=C1C(NC(C)C(=O)NC2=NCC=N2)CC2[C@](C)(CC[C@@H](O)[C@@]2(C)CO)C1/C=C/C1=CC(=C(/C(=O)OCC)c2ccc(N(C)C)cc2)/OC1=O. The van der Waals surface area contributed by atoms with Crippen LogP contribution in [-0.2, 0) is 23.9 Å². The van der Waals surface area contributed by atoms with Crippen molar-refractivity contribution < 1.29 is 34.1 Å². The third-order valence-corrected chi connectivity index (χ3v) is 10.9. The number of nitrogens with one attached hydrogen (secondary N) is 2. The summed E-state index contributed by atoms with van der Waals surface area (Å²) in [5.41, 5.74) is 1.47. The van der Waals surface area contributed by atoms with E-state index in [2.05, 4.69) is 34.1 Å². The molecule has 268 valence electrons. The maximum absolute atomic E-state index is 13.3. The van der Waals surface area contributed by atoms with Crippen LogP contribution in [0.3, 0.4) is 0 Å². The summed E-state index contributed by atoms with van der Waals surface area (Å²) in [5, 5.41) is 28.0. The Morgan fingerprint density at radius 3 is 2.58 bits per heavy atom. The van der Waals surface area contributed by atoms with E-state index in [0.29, 0.717) is 31.4 Å². The lowest BCUT2D eigenvalue weighted by atomic mass is 9.45. The molecule has 4 unspecified atom stereocenters. The third-order valence-electron chi connectivity index (χ3n) is 10.9. The molecule has 2 aliphatic carbocycles. The Hall–Kier alpha value is -4.39. The van der Waals surface area contributed by atoms with E-state index in [4.69, 9.17) is 9.47 Å². The van der Waals surface area contributed by atoms with E-state index in [0.717, 1.165) is 11.3 Å². The molecule has 2 heterocycles. The lowest BCUT2D eigenvalue weighted by Gasteiger charge is -2.61. The van der Waals surface area contributed by atoms with Gasteiger partial charge in [0.2, 0.25) is 11.9 Å². The first-order valence-corrected chi connectivity index (χ1v) is 17.2. The molecule has 4 aliphatic rings. The van der Waals surface area contributed by atoms with E-state index in [9.17, 15) is 24.6 Å². The molecule has 5 rings (SSSR count). The number of allylic oxidation sites excluding steroid dienone is 2. The number of benzene rings is 1. The quantitative estimate of drug-likeness (QED) is 0.164. The molecular weight excluding hydrogens is 638 g/mol. The summed E-state index contributed by atoms with van der Waals surface area (Å²) < 4.78 is 11.0. The van der Waals surface area contributed by atoms with Crippen molar-refractivity contribution in [3.8, 4) is 0 Å². The van der Waals surface area contributed by atoms with Gasteiger partial charge in [0.25, 0.3) is 0 Å². The molecule has 0 spiro atoms. The van der Waals surface area contributed by atoms with Crippen molar-refractivity contribution in [1.82, 2.24) is 10.6 Å². The molecule has 0 saturated heterocycles. The minimum Gasteiger partial charge on any atom is -0.462 e. The summed E-state index contributed by atoms with van der Waals surface area (Å²) in [6.07, 6.45) is 7.77. The number of carbonyl (C=O) groups is 3. The average molecular weight is 688 g/mol. The molecule has 2 fully saturated rings. The van der Waals surface area contributed by atoms with Gasteiger partial charge in [-0.3, -0.25) is 15.4 Å². The summed E-state index contributed by atoms with van der Waals surface area (Å²) in [7, 11) is 3.84. The maximum Gasteiger partial charge on any atom is 0.343 e. The highest BCUT2D eigenvalue weighted by Crippen LogP contribution is 2.61. The summed E-state index contributed by atoms with van der Waals surface area (Å²) in [5.74, 6) is -1.61. The molecule has 2 aliphatic heterocycles. The zero-order valence-electron chi connectivity index (χ0n) is 29.7. The minimum atomic E-state index is -0.809. The predicted molar refractivity (Wildman–Crippen MR) is 192 cm³/mol. The van der Waals surface area contributed by atoms with Crippen LogP contribution in [0.15, 0.2) is 76.0 Å². The van der Waals surface area contributed by atoms with Crippen LogP contribution in [0.1, 0.15) is 52.5 Å². The lowest BCUT2D eigenvalue weighted by molar-refractivity contribution is -0.149. The molecule has 0 radical (unpaired) electrons. The van der Waals surface area contributed by atoms with Crippen LogP contribution in [-0.4, -0.2) is 92.3 Å². The molecule has 2 saturated carbocycles. The Labute approximate surface area is 293 Å². The number of hydrogen-bond acceptors (Lipinski definition) is 11. The number of anilines is 1. The van der Waals surface area contributed by atoms with E-state index in [1.807, 2.05) is 44.1 Å². The van der Waals surface area contributed by atoms with Crippen molar-refractivity contribution in [2.45, 2.75) is 65.1 Å². The highest BCUT2D eigenvalue weighted by Gasteiger charge is 2.59. The number of cyclic esters (lactones) is 1. The summed E-state index contributed by atoms with van der Waals surface area (Å²) in [4.78, 5) is 49.7. The topological polar surface area (TPSA) is 162 Å².